The second-order valence-electron chi connectivity index (χ2n) is 12.6. The maximum Gasteiger partial charge on any atom is 0.184 e. The van der Waals surface area contributed by atoms with E-state index in [-0.39, 0.29) is 5.41 Å². The van der Waals surface area contributed by atoms with Gasteiger partial charge in [-0.05, 0) is 112 Å². The minimum absolute atomic E-state index is 0.262. The van der Waals surface area contributed by atoms with E-state index in [1.165, 1.54) is 49.9 Å². The predicted octanol–water partition coefficient (Wildman–Crippen LogP) is 6.50. The van der Waals surface area contributed by atoms with E-state index >= 15 is 0 Å². The summed E-state index contributed by atoms with van der Waals surface area (Å²) in [6.07, 6.45) is 10.2. The van der Waals surface area contributed by atoms with Gasteiger partial charge in [0, 0.05) is 12.0 Å². The van der Waals surface area contributed by atoms with Crippen molar-refractivity contribution in [3.05, 3.63) is 0 Å². The molecule has 0 unspecified atom stereocenters. The highest BCUT2D eigenvalue weighted by molar-refractivity contribution is 6.69. The maximum atomic E-state index is 7.11. The van der Waals surface area contributed by atoms with Gasteiger partial charge in [0.05, 0.1) is 11.4 Å². The molecular weight excluding hydrogens is 416 g/mol. The molecule has 0 radical (unpaired) electrons. The Balaban J connectivity index is 1.70. The molecule has 6 heteroatoms. The standard InChI is InChI=1S/C26H46N2O3Si/c1-17(27-29-4)21-11-12-22-20-10-9-18-15-19(28-30-5)13-14-25(18,2)24(20)23(16-26(21,22)3)31-32(6,7)8/h18,20-24H,9-16H2,1-8H3/b27-17+,28-19+/t18-,20+,21-,22+,23+,24-,25+,26-/m1/s1. The molecule has 182 valence electrons. The van der Waals surface area contributed by atoms with Crippen LogP contribution in [0.5, 0.6) is 0 Å². The van der Waals surface area contributed by atoms with Gasteiger partial charge in [-0.1, -0.05) is 24.2 Å². The molecule has 0 aromatic rings. The van der Waals surface area contributed by atoms with E-state index in [4.69, 9.17) is 14.1 Å². The quantitative estimate of drug-likeness (QED) is 0.266. The van der Waals surface area contributed by atoms with Crippen LogP contribution in [0.2, 0.25) is 19.6 Å². The normalized spacial score (nSPS) is 45.8. The molecular formula is C26H46N2O3Si. The molecule has 0 aromatic heterocycles. The number of fused-ring (bicyclic) bond motifs is 5. The van der Waals surface area contributed by atoms with Crippen LogP contribution in [-0.4, -0.2) is 40.1 Å². The molecule has 0 heterocycles. The minimum atomic E-state index is -1.68. The first-order valence-corrected chi connectivity index (χ1v) is 16.3. The zero-order chi connectivity index (χ0) is 23.3. The molecule has 4 fully saturated rings. The topological polar surface area (TPSA) is 52.4 Å². The Labute approximate surface area is 196 Å². The van der Waals surface area contributed by atoms with Crippen molar-refractivity contribution in [1.82, 2.24) is 0 Å². The fraction of sp³-hybridized carbons (Fsp3) is 0.923. The van der Waals surface area contributed by atoms with Crippen molar-refractivity contribution >= 4 is 19.7 Å². The van der Waals surface area contributed by atoms with E-state index in [0.29, 0.717) is 29.3 Å². The van der Waals surface area contributed by atoms with Crippen LogP contribution in [0.4, 0.5) is 0 Å². The van der Waals surface area contributed by atoms with Crippen molar-refractivity contribution in [3.63, 3.8) is 0 Å². The number of rotatable bonds is 5. The fourth-order valence-electron chi connectivity index (χ4n) is 8.82. The van der Waals surface area contributed by atoms with Gasteiger partial charge in [-0.15, -0.1) is 0 Å². The third-order valence-electron chi connectivity index (χ3n) is 9.87. The second kappa shape index (κ2) is 8.72. The lowest BCUT2D eigenvalue weighted by Crippen LogP contribution is -2.61. The molecule has 8 atom stereocenters. The van der Waals surface area contributed by atoms with Crippen molar-refractivity contribution in [2.75, 3.05) is 14.2 Å². The average Bonchev–Trinajstić information content (AvgIpc) is 3.04. The maximum absolute atomic E-state index is 7.11. The van der Waals surface area contributed by atoms with Gasteiger partial charge in [-0.3, -0.25) is 0 Å². The first kappa shape index (κ1) is 24.2. The molecule has 0 aliphatic heterocycles. The average molecular weight is 463 g/mol. The van der Waals surface area contributed by atoms with E-state index < -0.39 is 8.32 Å². The van der Waals surface area contributed by atoms with Crippen molar-refractivity contribution in [2.45, 2.75) is 97.9 Å². The summed E-state index contributed by atoms with van der Waals surface area (Å²) in [5, 5.41) is 8.78. The van der Waals surface area contributed by atoms with Gasteiger partial charge < -0.3 is 14.1 Å². The van der Waals surface area contributed by atoms with Crippen molar-refractivity contribution in [3.8, 4) is 0 Å². The molecule has 4 aliphatic carbocycles. The summed E-state index contributed by atoms with van der Waals surface area (Å²) < 4.78 is 7.11. The molecule has 4 saturated carbocycles. The summed E-state index contributed by atoms with van der Waals surface area (Å²) in [6.45, 7) is 14.4. The highest BCUT2D eigenvalue weighted by Crippen LogP contribution is 2.68. The predicted molar refractivity (Wildman–Crippen MR) is 133 cm³/mol. The van der Waals surface area contributed by atoms with Gasteiger partial charge in [0.1, 0.15) is 14.2 Å². The Morgan fingerprint density at radius 1 is 1.00 bits per heavy atom. The molecule has 4 rings (SSSR count). The van der Waals surface area contributed by atoms with Crippen LogP contribution < -0.4 is 0 Å². The zero-order valence-electron chi connectivity index (χ0n) is 21.7. The summed E-state index contributed by atoms with van der Waals surface area (Å²) >= 11 is 0. The molecule has 0 bridgehead atoms. The monoisotopic (exact) mass is 462 g/mol. The summed E-state index contributed by atoms with van der Waals surface area (Å²) in [5.74, 6) is 3.41. The Kier molecular flexibility index (Phi) is 6.61. The van der Waals surface area contributed by atoms with Crippen LogP contribution in [0.3, 0.4) is 0 Å². The smallest absolute Gasteiger partial charge is 0.184 e. The summed E-state index contributed by atoms with van der Waals surface area (Å²) in [5.41, 5.74) is 3.05. The van der Waals surface area contributed by atoms with Gasteiger partial charge in [0.2, 0.25) is 0 Å². The van der Waals surface area contributed by atoms with Crippen LogP contribution in [0.1, 0.15) is 72.1 Å². The van der Waals surface area contributed by atoms with Crippen LogP contribution in [-0.2, 0) is 14.1 Å². The molecule has 0 spiro atoms. The molecule has 4 aliphatic rings. The Hall–Kier alpha value is -0.883. The third-order valence-corrected chi connectivity index (χ3v) is 10.9. The Morgan fingerprint density at radius 2 is 1.75 bits per heavy atom. The molecule has 5 nitrogen and oxygen atoms in total. The highest BCUT2D eigenvalue weighted by atomic mass is 28.4. The number of oxime groups is 2. The van der Waals surface area contributed by atoms with Crippen LogP contribution in [0.25, 0.3) is 0 Å². The summed E-state index contributed by atoms with van der Waals surface area (Å²) in [7, 11) is 1.69. The van der Waals surface area contributed by atoms with Gasteiger partial charge in [-0.25, -0.2) is 0 Å². The van der Waals surface area contributed by atoms with Gasteiger partial charge in [0.25, 0.3) is 0 Å². The minimum Gasteiger partial charge on any atom is -0.414 e. The first-order chi connectivity index (χ1) is 15.0. The van der Waals surface area contributed by atoms with E-state index in [1.54, 1.807) is 14.2 Å². The van der Waals surface area contributed by atoms with Crippen molar-refractivity contribution in [1.29, 1.82) is 0 Å². The van der Waals surface area contributed by atoms with Crippen molar-refractivity contribution in [2.24, 2.45) is 50.7 Å². The number of nitrogens with zero attached hydrogens (tertiary/aromatic N) is 2. The SMILES string of the molecule is CO/N=C1\CC[C@@]2(C)[C@H](CC[C@@H]3[C@@H]2[C@@H](O[Si](C)(C)C)C[C@]2(C)[C@@H](/C(C)=N/OC)CC[C@@H]32)C1. The third kappa shape index (κ3) is 4.08. The zero-order valence-corrected chi connectivity index (χ0v) is 22.7. The lowest BCUT2D eigenvalue weighted by Gasteiger charge is -2.63. The summed E-state index contributed by atoms with van der Waals surface area (Å²) in [6, 6.07) is 0. The first-order valence-electron chi connectivity index (χ1n) is 12.9. The van der Waals surface area contributed by atoms with Gasteiger partial charge in [0.15, 0.2) is 8.32 Å². The molecule has 0 amide bonds. The van der Waals surface area contributed by atoms with E-state index in [9.17, 15) is 0 Å². The molecule has 32 heavy (non-hydrogen) atoms. The van der Waals surface area contributed by atoms with Gasteiger partial charge in [-0.2, -0.15) is 0 Å². The van der Waals surface area contributed by atoms with E-state index in [2.05, 4.69) is 50.7 Å². The largest absolute Gasteiger partial charge is 0.414 e. The Bertz CT molecular complexity index is 763. The lowest BCUT2D eigenvalue weighted by molar-refractivity contribution is -0.153. The van der Waals surface area contributed by atoms with Gasteiger partial charge >= 0.3 is 0 Å². The highest BCUT2D eigenvalue weighted by Gasteiger charge is 2.64. The van der Waals surface area contributed by atoms with Crippen LogP contribution >= 0.6 is 0 Å². The number of hydrogen-bond donors (Lipinski definition) is 0. The molecule has 0 N–H and O–H groups in total. The van der Waals surface area contributed by atoms with Crippen LogP contribution in [0, 0.1) is 40.4 Å². The lowest BCUT2D eigenvalue weighted by atomic mass is 9.44. The van der Waals surface area contributed by atoms with E-state index in [1.807, 2.05) is 0 Å². The van der Waals surface area contributed by atoms with Crippen molar-refractivity contribution < 1.29 is 14.1 Å². The second-order valence-corrected chi connectivity index (χ2v) is 17.1. The number of hydrogen-bond acceptors (Lipinski definition) is 5. The van der Waals surface area contributed by atoms with E-state index in [0.717, 1.165) is 24.7 Å². The molecule has 0 aromatic carbocycles. The van der Waals surface area contributed by atoms with Crippen LogP contribution in [0.15, 0.2) is 10.3 Å². The fourth-order valence-corrected chi connectivity index (χ4v) is 9.96. The summed E-state index contributed by atoms with van der Waals surface area (Å²) in [4.78, 5) is 10.4. The Morgan fingerprint density at radius 3 is 2.41 bits per heavy atom. The molecule has 0 saturated heterocycles.